The zero-order chi connectivity index (χ0) is 23.9. The number of anilines is 2. The Morgan fingerprint density at radius 2 is 1.91 bits per heavy atom. The van der Waals surface area contributed by atoms with E-state index >= 15 is 0 Å². The van der Waals surface area contributed by atoms with Crippen LogP contribution in [0.15, 0.2) is 41.3 Å². The fraction of sp³-hybridized carbons (Fsp3) is 0.417. The van der Waals surface area contributed by atoms with Gasteiger partial charge >= 0.3 is 0 Å². The summed E-state index contributed by atoms with van der Waals surface area (Å²) in [6.07, 6.45) is 1.83. The SMILES string of the molecule is CC(=O)N1c2ccc(S(=O)(=O)N3CCC[C@H](C(=O)Nc4ccc(C)c(Cl)c4)C3)cc2C[C@H]1C. The predicted octanol–water partition coefficient (Wildman–Crippen LogP) is 3.99. The minimum Gasteiger partial charge on any atom is -0.326 e. The Balaban J connectivity index is 1.51. The van der Waals surface area contributed by atoms with E-state index in [9.17, 15) is 18.0 Å². The summed E-state index contributed by atoms with van der Waals surface area (Å²) in [5.41, 5.74) is 3.13. The number of sulfonamides is 1. The molecule has 9 heteroatoms. The summed E-state index contributed by atoms with van der Waals surface area (Å²) in [5.74, 6) is -0.720. The van der Waals surface area contributed by atoms with Crippen LogP contribution in [0.3, 0.4) is 0 Å². The van der Waals surface area contributed by atoms with Gasteiger partial charge in [0.1, 0.15) is 0 Å². The molecule has 0 aliphatic carbocycles. The molecule has 4 rings (SSSR count). The number of carbonyl (C=O) groups is 2. The van der Waals surface area contributed by atoms with Gasteiger partial charge in [0.25, 0.3) is 0 Å². The summed E-state index contributed by atoms with van der Waals surface area (Å²) in [7, 11) is -3.76. The number of rotatable bonds is 4. The second kappa shape index (κ2) is 9.08. The average Bonchev–Trinajstić information content (AvgIpc) is 3.11. The number of nitrogens with one attached hydrogen (secondary N) is 1. The first-order valence-corrected chi connectivity index (χ1v) is 12.9. The minimum absolute atomic E-state index is 0.00575. The Kier molecular flexibility index (Phi) is 6.53. The highest BCUT2D eigenvalue weighted by Gasteiger charge is 2.35. The molecule has 0 radical (unpaired) electrons. The van der Waals surface area contributed by atoms with Crippen molar-refractivity contribution in [3.05, 3.63) is 52.5 Å². The number of nitrogens with zero attached hydrogens (tertiary/aromatic N) is 2. The molecule has 7 nitrogen and oxygen atoms in total. The van der Waals surface area contributed by atoms with Crippen LogP contribution in [0.1, 0.15) is 37.8 Å². The largest absolute Gasteiger partial charge is 0.326 e. The maximum atomic E-state index is 13.4. The van der Waals surface area contributed by atoms with Crippen LogP contribution in [0.25, 0.3) is 0 Å². The van der Waals surface area contributed by atoms with Crippen LogP contribution in [0.4, 0.5) is 11.4 Å². The molecule has 2 aliphatic rings. The van der Waals surface area contributed by atoms with Crippen molar-refractivity contribution in [2.75, 3.05) is 23.3 Å². The molecule has 1 fully saturated rings. The van der Waals surface area contributed by atoms with E-state index < -0.39 is 15.9 Å². The molecule has 176 valence electrons. The first-order chi connectivity index (χ1) is 15.6. The third-order valence-corrected chi connectivity index (χ3v) is 8.71. The molecule has 2 atom stereocenters. The highest BCUT2D eigenvalue weighted by molar-refractivity contribution is 7.89. The summed E-state index contributed by atoms with van der Waals surface area (Å²) in [6, 6.07) is 10.2. The molecular weight excluding hydrogens is 462 g/mol. The predicted molar refractivity (Wildman–Crippen MR) is 129 cm³/mol. The zero-order valence-electron chi connectivity index (χ0n) is 19.0. The van der Waals surface area contributed by atoms with Gasteiger partial charge < -0.3 is 10.2 Å². The van der Waals surface area contributed by atoms with Gasteiger partial charge in [-0.05, 0) is 74.6 Å². The monoisotopic (exact) mass is 489 g/mol. The van der Waals surface area contributed by atoms with E-state index in [2.05, 4.69) is 5.32 Å². The van der Waals surface area contributed by atoms with Crippen molar-refractivity contribution in [3.63, 3.8) is 0 Å². The van der Waals surface area contributed by atoms with Crippen molar-refractivity contribution in [2.45, 2.75) is 51.0 Å². The van der Waals surface area contributed by atoms with Gasteiger partial charge in [0.2, 0.25) is 21.8 Å². The van der Waals surface area contributed by atoms with E-state index in [-0.39, 0.29) is 29.3 Å². The van der Waals surface area contributed by atoms with E-state index in [1.54, 1.807) is 35.2 Å². The number of benzene rings is 2. The molecular formula is C24H28ClN3O4S. The highest BCUT2D eigenvalue weighted by Crippen LogP contribution is 2.35. The molecule has 2 aliphatic heterocycles. The Hall–Kier alpha value is -2.42. The Labute approximate surface area is 199 Å². The van der Waals surface area contributed by atoms with Gasteiger partial charge in [-0.1, -0.05) is 17.7 Å². The summed E-state index contributed by atoms with van der Waals surface area (Å²) < 4.78 is 28.2. The van der Waals surface area contributed by atoms with Crippen molar-refractivity contribution >= 4 is 44.8 Å². The Morgan fingerprint density at radius 1 is 1.15 bits per heavy atom. The van der Waals surface area contributed by atoms with Crippen LogP contribution >= 0.6 is 11.6 Å². The molecule has 0 aromatic heterocycles. The van der Waals surface area contributed by atoms with Crippen molar-refractivity contribution in [1.82, 2.24) is 4.31 Å². The minimum atomic E-state index is -3.76. The van der Waals surface area contributed by atoms with Crippen LogP contribution in [0, 0.1) is 12.8 Å². The molecule has 2 aromatic rings. The van der Waals surface area contributed by atoms with E-state index in [1.165, 1.54) is 11.2 Å². The van der Waals surface area contributed by atoms with Gasteiger partial charge in [-0.25, -0.2) is 8.42 Å². The molecule has 0 bridgehead atoms. The molecule has 0 unspecified atom stereocenters. The topological polar surface area (TPSA) is 86.8 Å². The van der Waals surface area contributed by atoms with Crippen LogP contribution in [-0.2, 0) is 26.0 Å². The van der Waals surface area contributed by atoms with Crippen molar-refractivity contribution in [1.29, 1.82) is 0 Å². The summed E-state index contributed by atoms with van der Waals surface area (Å²) in [4.78, 5) is 26.7. The number of hydrogen-bond acceptors (Lipinski definition) is 4. The summed E-state index contributed by atoms with van der Waals surface area (Å²) >= 11 is 6.15. The van der Waals surface area contributed by atoms with E-state index in [0.717, 1.165) is 16.8 Å². The van der Waals surface area contributed by atoms with Crippen LogP contribution < -0.4 is 10.2 Å². The number of piperidine rings is 1. The highest BCUT2D eigenvalue weighted by atomic mass is 35.5. The average molecular weight is 490 g/mol. The molecule has 0 saturated carbocycles. The number of amides is 2. The van der Waals surface area contributed by atoms with Crippen molar-refractivity contribution in [3.8, 4) is 0 Å². The molecule has 2 heterocycles. The summed E-state index contributed by atoms with van der Waals surface area (Å²) in [6.45, 7) is 5.84. The third-order valence-electron chi connectivity index (χ3n) is 6.44. The lowest BCUT2D eigenvalue weighted by molar-refractivity contribution is -0.121. The normalized spacial score (nSPS) is 21.0. The van der Waals surface area contributed by atoms with Crippen LogP contribution in [0.2, 0.25) is 5.02 Å². The van der Waals surface area contributed by atoms with Crippen LogP contribution in [0.5, 0.6) is 0 Å². The number of hydrogen-bond donors (Lipinski definition) is 1. The van der Waals surface area contributed by atoms with E-state index in [0.29, 0.717) is 36.5 Å². The Morgan fingerprint density at radius 3 is 2.61 bits per heavy atom. The van der Waals surface area contributed by atoms with Gasteiger partial charge in [0, 0.05) is 42.5 Å². The first-order valence-electron chi connectivity index (χ1n) is 11.1. The van der Waals surface area contributed by atoms with Gasteiger partial charge in [-0.3, -0.25) is 9.59 Å². The van der Waals surface area contributed by atoms with E-state index in [1.807, 2.05) is 19.9 Å². The number of carbonyl (C=O) groups excluding carboxylic acids is 2. The smallest absolute Gasteiger partial charge is 0.243 e. The lowest BCUT2D eigenvalue weighted by atomic mass is 9.98. The lowest BCUT2D eigenvalue weighted by Gasteiger charge is -2.31. The number of aryl methyl sites for hydroxylation is 1. The summed E-state index contributed by atoms with van der Waals surface area (Å²) in [5, 5.41) is 3.43. The second-order valence-electron chi connectivity index (χ2n) is 8.89. The molecule has 2 aromatic carbocycles. The molecule has 33 heavy (non-hydrogen) atoms. The van der Waals surface area contributed by atoms with Gasteiger partial charge in [-0.2, -0.15) is 4.31 Å². The molecule has 0 spiro atoms. The van der Waals surface area contributed by atoms with Crippen LogP contribution in [-0.4, -0.2) is 43.7 Å². The quantitative estimate of drug-likeness (QED) is 0.703. The third kappa shape index (κ3) is 4.65. The van der Waals surface area contributed by atoms with Crippen molar-refractivity contribution in [2.24, 2.45) is 5.92 Å². The maximum absolute atomic E-state index is 13.4. The fourth-order valence-electron chi connectivity index (χ4n) is 4.69. The molecule has 1 saturated heterocycles. The Bertz CT molecular complexity index is 1210. The first kappa shape index (κ1) is 23.7. The lowest BCUT2D eigenvalue weighted by Crippen LogP contribution is -2.43. The number of fused-ring (bicyclic) bond motifs is 1. The van der Waals surface area contributed by atoms with E-state index in [4.69, 9.17) is 11.6 Å². The van der Waals surface area contributed by atoms with Gasteiger partial charge in [-0.15, -0.1) is 0 Å². The second-order valence-corrected chi connectivity index (χ2v) is 11.2. The number of halogens is 1. The van der Waals surface area contributed by atoms with Gasteiger partial charge in [0.15, 0.2) is 0 Å². The molecule has 2 amide bonds. The van der Waals surface area contributed by atoms with Gasteiger partial charge in [0.05, 0.1) is 10.8 Å². The van der Waals surface area contributed by atoms with Crippen molar-refractivity contribution < 1.29 is 18.0 Å². The maximum Gasteiger partial charge on any atom is 0.243 e. The molecule has 1 N–H and O–H groups in total. The fourth-order valence-corrected chi connectivity index (χ4v) is 6.44. The zero-order valence-corrected chi connectivity index (χ0v) is 20.5. The standard InChI is InChI=1S/C24H28ClN3O4S/c1-15-6-7-20(13-22(15)25)26-24(30)18-5-4-10-27(14-18)33(31,32)21-8-9-23-19(12-21)11-16(2)28(23)17(3)29/h6-9,12-13,16,18H,4-5,10-11,14H2,1-3H3,(H,26,30)/t16-,18+/m1/s1.